The second kappa shape index (κ2) is 8.09. The number of ether oxygens (including phenoxy) is 2. The molecule has 29 heavy (non-hydrogen) atoms. The molecule has 2 amide bonds. The van der Waals surface area contributed by atoms with Crippen LogP contribution in [-0.4, -0.2) is 37.0 Å². The molecule has 6 heteroatoms. The highest BCUT2D eigenvalue weighted by Crippen LogP contribution is 2.49. The van der Waals surface area contributed by atoms with Crippen molar-refractivity contribution in [1.82, 2.24) is 4.90 Å². The number of anilines is 1. The maximum atomic E-state index is 13.7. The van der Waals surface area contributed by atoms with Gasteiger partial charge in [-0.25, -0.2) is 0 Å². The summed E-state index contributed by atoms with van der Waals surface area (Å²) >= 11 is 0. The number of hydrogen-bond donors (Lipinski definition) is 1. The van der Waals surface area contributed by atoms with Gasteiger partial charge in [-0.2, -0.15) is 0 Å². The van der Waals surface area contributed by atoms with E-state index in [-0.39, 0.29) is 17.9 Å². The number of amides is 2. The Morgan fingerprint density at radius 2 is 1.93 bits per heavy atom. The monoisotopic (exact) mass is 398 g/mol. The molecule has 1 aromatic rings. The predicted molar refractivity (Wildman–Crippen MR) is 111 cm³/mol. The maximum Gasteiger partial charge on any atom is 0.236 e. The number of benzene rings is 1. The van der Waals surface area contributed by atoms with Gasteiger partial charge in [0, 0.05) is 24.2 Å². The van der Waals surface area contributed by atoms with Gasteiger partial charge >= 0.3 is 0 Å². The fraction of sp³-hybridized carbons (Fsp3) is 0.565. The molecule has 4 rings (SSSR count). The minimum Gasteiger partial charge on any atom is -0.497 e. The van der Waals surface area contributed by atoms with Gasteiger partial charge in [-0.3, -0.25) is 9.59 Å². The fourth-order valence-electron chi connectivity index (χ4n) is 5.18. The van der Waals surface area contributed by atoms with E-state index in [9.17, 15) is 9.59 Å². The fourth-order valence-corrected chi connectivity index (χ4v) is 5.18. The summed E-state index contributed by atoms with van der Waals surface area (Å²) < 4.78 is 10.8. The smallest absolute Gasteiger partial charge is 0.236 e. The van der Waals surface area contributed by atoms with Gasteiger partial charge in [0.25, 0.3) is 0 Å². The molecule has 2 fully saturated rings. The van der Waals surface area contributed by atoms with Crippen molar-refractivity contribution in [2.24, 2.45) is 5.41 Å². The molecule has 1 aromatic carbocycles. The Hall–Kier alpha value is -2.50. The van der Waals surface area contributed by atoms with Crippen LogP contribution in [-0.2, 0) is 9.59 Å². The van der Waals surface area contributed by atoms with E-state index in [0.717, 1.165) is 50.6 Å². The van der Waals surface area contributed by atoms with Crippen LogP contribution in [0.3, 0.4) is 0 Å². The van der Waals surface area contributed by atoms with E-state index in [0.29, 0.717) is 30.0 Å². The van der Waals surface area contributed by atoms with Crippen LogP contribution in [0.2, 0.25) is 0 Å². The van der Waals surface area contributed by atoms with Crippen molar-refractivity contribution in [1.29, 1.82) is 0 Å². The van der Waals surface area contributed by atoms with Crippen LogP contribution in [0.15, 0.2) is 30.0 Å². The van der Waals surface area contributed by atoms with Crippen molar-refractivity contribution in [3.63, 3.8) is 0 Å². The van der Waals surface area contributed by atoms with Crippen LogP contribution in [0.1, 0.15) is 57.8 Å². The lowest BCUT2D eigenvalue weighted by molar-refractivity contribution is -0.140. The molecule has 1 atom stereocenters. The second-order valence-electron chi connectivity index (χ2n) is 8.29. The number of fused-ring (bicyclic) bond motifs is 1. The highest BCUT2D eigenvalue weighted by Gasteiger charge is 2.51. The molecular weight excluding hydrogens is 368 g/mol. The Morgan fingerprint density at radius 3 is 2.66 bits per heavy atom. The third kappa shape index (κ3) is 3.49. The Balaban J connectivity index is 1.67. The van der Waals surface area contributed by atoms with Gasteiger partial charge in [-0.15, -0.1) is 0 Å². The van der Waals surface area contributed by atoms with Gasteiger partial charge in [-0.05, 0) is 50.7 Å². The number of rotatable bonds is 5. The standard InChI is InChI=1S/C23H30N2O4/c1-28-17-10-11-19(29-2)18(15-17)24-22(27)23-13-6-5-9-20(23)25(21(26)12-14-23)16-7-3-4-8-16/h9-11,15-16H,3-8,12-14H2,1-2H3,(H,24,27). The quantitative estimate of drug-likeness (QED) is 0.805. The van der Waals surface area contributed by atoms with Crippen molar-refractivity contribution in [2.45, 2.75) is 63.8 Å². The molecule has 1 saturated carbocycles. The zero-order valence-corrected chi connectivity index (χ0v) is 17.3. The van der Waals surface area contributed by atoms with Crippen LogP contribution in [0.25, 0.3) is 0 Å². The molecule has 0 radical (unpaired) electrons. The van der Waals surface area contributed by atoms with E-state index in [1.54, 1.807) is 32.4 Å². The van der Waals surface area contributed by atoms with E-state index in [1.165, 1.54) is 0 Å². The average molecular weight is 399 g/mol. The van der Waals surface area contributed by atoms with Crippen LogP contribution in [0.4, 0.5) is 5.69 Å². The first-order chi connectivity index (χ1) is 14.1. The lowest BCUT2D eigenvalue weighted by atomic mass is 9.68. The second-order valence-corrected chi connectivity index (χ2v) is 8.29. The predicted octanol–water partition coefficient (Wildman–Crippen LogP) is 4.26. The van der Waals surface area contributed by atoms with Crippen LogP contribution in [0.5, 0.6) is 11.5 Å². The van der Waals surface area contributed by atoms with Crippen LogP contribution in [0, 0.1) is 5.41 Å². The van der Waals surface area contributed by atoms with Gasteiger partial charge in [0.15, 0.2) is 0 Å². The van der Waals surface area contributed by atoms with Gasteiger partial charge in [0.1, 0.15) is 11.5 Å². The van der Waals surface area contributed by atoms with Gasteiger partial charge in [-0.1, -0.05) is 18.9 Å². The average Bonchev–Trinajstić information content (AvgIpc) is 3.27. The van der Waals surface area contributed by atoms with E-state index in [1.807, 2.05) is 4.90 Å². The zero-order chi connectivity index (χ0) is 20.4. The Kier molecular flexibility index (Phi) is 5.52. The number of piperidine rings is 1. The number of carbonyl (C=O) groups excluding carboxylic acids is 2. The van der Waals surface area contributed by atoms with E-state index in [4.69, 9.17) is 9.47 Å². The van der Waals surface area contributed by atoms with Crippen molar-refractivity contribution in [2.75, 3.05) is 19.5 Å². The molecule has 0 spiro atoms. The van der Waals surface area contributed by atoms with Crippen molar-refractivity contribution in [3.8, 4) is 11.5 Å². The third-order valence-electron chi connectivity index (χ3n) is 6.71. The lowest BCUT2D eigenvalue weighted by Gasteiger charge is -2.48. The normalized spacial score (nSPS) is 24.7. The van der Waals surface area contributed by atoms with Gasteiger partial charge in [0.05, 0.1) is 25.3 Å². The highest BCUT2D eigenvalue weighted by atomic mass is 16.5. The van der Waals surface area contributed by atoms with Gasteiger partial charge in [0.2, 0.25) is 11.8 Å². The molecule has 1 heterocycles. The van der Waals surface area contributed by atoms with Crippen molar-refractivity contribution in [3.05, 3.63) is 30.0 Å². The molecule has 1 aliphatic heterocycles. The summed E-state index contributed by atoms with van der Waals surface area (Å²) in [5, 5.41) is 3.10. The molecule has 1 saturated heterocycles. The minimum absolute atomic E-state index is 0.0505. The SMILES string of the molecule is COc1ccc(OC)c(NC(=O)C23CCCC=C2N(C2CCCC2)C(=O)CC3)c1. The zero-order valence-electron chi connectivity index (χ0n) is 17.3. The number of nitrogens with zero attached hydrogens (tertiary/aromatic N) is 1. The van der Waals surface area contributed by atoms with Crippen molar-refractivity contribution >= 4 is 17.5 Å². The minimum atomic E-state index is -0.650. The lowest BCUT2D eigenvalue weighted by Crippen LogP contribution is -2.53. The molecule has 0 aromatic heterocycles. The Bertz CT molecular complexity index is 828. The molecule has 6 nitrogen and oxygen atoms in total. The van der Waals surface area contributed by atoms with E-state index < -0.39 is 5.41 Å². The van der Waals surface area contributed by atoms with Crippen molar-refractivity contribution < 1.29 is 19.1 Å². The number of likely N-dealkylation sites (tertiary alicyclic amines) is 1. The summed E-state index contributed by atoms with van der Waals surface area (Å²) in [6, 6.07) is 5.62. The van der Waals surface area contributed by atoms with Crippen LogP contribution >= 0.6 is 0 Å². The number of carbonyl (C=O) groups is 2. The summed E-state index contributed by atoms with van der Waals surface area (Å²) in [7, 11) is 3.18. The van der Waals surface area contributed by atoms with Gasteiger partial charge < -0.3 is 19.7 Å². The van der Waals surface area contributed by atoms with E-state index >= 15 is 0 Å². The highest BCUT2D eigenvalue weighted by molar-refractivity contribution is 6.00. The first-order valence-electron chi connectivity index (χ1n) is 10.7. The number of methoxy groups -OCH3 is 2. The first kappa shape index (κ1) is 19.8. The molecule has 1 N–H and O–H groups in total. The summed E-state index contributed by atoms with van der Waals surface area (Å²) in [6.07, 6.45) is 10.2. The van der Waals surface area contributed by atoms with E-state index in [2.05, 4.69) is 11.4 Å². The molecule has 1 unspecified atom stereocenters. The first-order valence-corrected chi connectivity index (χ1v) is 10.7. The topological polar surface area (TPSA) is 67.9 Å². The molecule has 0 bridgehead atoms. The number of allylic oxidation sites excluding steroid dienone is 1. The Morgan fingerprint density at radius 1 is 1.14 bits per heavy atom. The molecule has 3 aliphatic rings. The molecular formula is C23H30N2O4. The summed E-state index contributed by atoms with van der Waals surface area (Å²) in [5.74, 6) is 1.37. The summed E-state index contributed by atoms with van der Waals surface area (Å²) in [4.78, 5) is 28.5. The summed E-state index contributed by atoms with van der Waals surface area (Å²) in [6.45, 7) is 0. The maximum absolute atomic E-state index is 13.7. The number of hydrogen-bond acceptors (Lipinski definition) is 4. The largest absolute Gasteiger partial charge is 0.497 e. The summed E-state index contributed by atoms with van der Waals surface area (Å²) in [5.41, 5.74) is 0.884. The van der Waals surface area contributed by atoms with Crippen LogP contribution < -0.4 is 14.8 Å². The molecule has 156 valence electrons. The molecule has 2 aliphatic carbocycles. The third-order valence-corrected chi connectivity index (χ3v) is 6.71. The Labute approximate surface area is 172 Å². The number of nitrogens with one attached hydrogen (secondary N) is 1.